The number of benzene rings is 2. The summed E-state index contributed by atoms with van der Waals surface area (Å²) in [5.41, 5.74) is 4.83. The molecule has 0 aliphatic carbocycles. The summed E-state index contributed by atoms with van der Waals surface area (Å²) in [4.78, 5) is 14.3. The third-order valence-corrected chi connectivity index (χ3v) is 4.08. The highest BCUT2D eigenvalue weighted by molar-refractivity contribution is 6.31. The van der Waals surface area contributed by atoms with Crippen LogP contribution in [0.25, 0.3) is 5.70 Å². The molecule has 2 aromatic carbocycles. The smallest absolute Gasteiger partial charge is 0.236 e. The van der Waals surface area contributed by atoms with Crippen LogP contribution in [-0.2, 0) is 11.2 Å². The zero-order valence-electron chi connectivity index (χ0n) is 11.3. The second-order valence-electron chi connectivity index (χ2n) is 5.20. The third kappa shape index (κ3) is 1.93. The van der Waals surface area contributed by atoms with E-state index in [1.807, 2.05) is 47.4 Å². The summed E-state index contributed by atoms with van der Waals surface area (Å²) >= 11 is 6.15. The average Bonchev–Trinajstić information content (AvgIpc) is 2.68. The second-order valence-corrected chi connectivity index (χ2v) is 5.64. The van der Waals surface area contributed by atoms with Gasteiger partial charge in [0.25, 0.3) is 0 Å². The van der Waals surface area contributed by atoms with Gasteiger partial charge in [-0.1, -0.05) is 41.9 Å². The zero-order valence-corrected chi connectivity index (χ0v) is 12.0. The topological polar surface area (TPSA) is 32.3 Å². The molecule has 3 nitrogen and oxygen atoms in total. The number of nitrogens with zero attached hydrogens (tertiary/aromatic N) is 1. The number of carbonyl (C=O) groups is 1. The standard InChI is InChI=1S/C17H13ClN2O/c18-13-8-12-9-16(21)20-15(11-4-2-1-3-5-11)6-7-19-14(10-13)17(12)20/h1-6,8,10,19H,7,9H2. The summed E-state index contributed by atoms with van der Waals surface area (Å²) in [6.45, 7) is 0.667. The van der Waals surface area contributed by atoms with Crippen molar-refractivity contribution < 1.29 is 4.79 Å². The first-order valence-electron chi connectivity index (χ1n) is 6.89. The first-order chi connectivity index (χ1) is 10.2. The lowest BCUT2D eigenvalue weighted by Gasteiger charge is -2.21. The van der Waals surface area contributed by atoms with Crippen molar-refractivity contribution in [2.45, 2.75) is 6.42 Å². The van der Waals surface area contributed by atoms with Crippen LogP contribution >= 0.6 is 11.6 Å². The fourth-order valence-corrected chi connectivity index (χ4v) is 3.26. The van der Waals surface area contributed by atoms with Crippen LogP contribution in [0.3, 0.4) is 0 Å². The highest BCUT2D eigenvalue weighted by Gasteiger charge is 2.34. The van der Waals surface area contributed by atoms with Gasteiger partial charge >= 0.3 is 0 Å². The largest absolute Gasteiger partial charge is 0.380 e. The Balaban J connectivity index is 1.92. The van der Waals surface area contributed by atoms with Crippen LogP contribution in [-0.4, -0.2) is 12.5 Å². The molecule has 21 heavy (non-hydrogen) atoms. The van der Waals surface area contributed by atoms with Crippen molar-refractivity contribution in [3.05, 3.63) is 64.7 Å². The maximum absolute atomic E-state index is 12.5. The molecule has 104 valence electrons. The maximum atomic E-state index is 12.5. The van der Waals surface area contributed by atoms with Gasteiger partial charge in [0.2, 0.25) is 5.91 Å². The number of carbonyl (C=O) groups excluding carboxylic acids is 1. The van der Waals surface area contributed by atoms with Gasteiger partial charge in [0, 0.05) is 11.6 Å². The molecular weight excluding hydrogens is 284 g/mol. The van der Waals surface area contributed by atoms with E-state index in [0.29, 0.717) is 18.0 Å². The van der Waals surface area contributed by atoms with E-state index in [2.05, 4.69) is 11.4 Å². The van der Waals surface area contributed by atoms with E-state index in [1.165, 1.54) is 0 Å². The normalized spacial score (nSPS) is 16.1. The van der Waals surface area contributed by atoms with Gasteiger partial charge in [0.1, 0.15) is 0 Å². The van der Waals surface area contributed by atoms with Gasteiger partial charge in [-0.05, 0) is 29.3 Å². The van der Waals surface area contributed by atoms with E-state index in [4.69, 9.17) is 11.6 Å². The van der Waals surface area contributed by atoms with Crippen LogP contribution in [0.15, 0.2) is 48.5 Å². The lowest BCUT2D eigenvalue weighted by molar-refractivity contribution is -0.116. The van der Waals surface area contributed by atoms with Gasteiger partial charge in [-0.25, -0.2) is 0 Å². The Bertz CT molecular complexity index is 768. The summed E-state index contributed by atoms with van der Waals surface area (Å²) in [5.74, 6) is 0.0901. The summed E-state index contributed by atoms with van der Waals surface area (Å²) in [6, 6.07) is 13.8. The number of hydrogen-bond acceptors (Lipinski definition) is 2. The van der Waals surface area contributed by atoms with Crippen molar-refractivity contribution in [1.29, 1.82) is 0 Å². The van der Waals surface area contributed by atoms with Gasteiger partial charge in [0.15, 0.2) is 0 Å². The van der Waals surface area contributed by atoms with Crippen LogP contribution in [0, 0.1) is 0 Å². The Kier molecular flexibility index (Phi) is 2.76. The fourth-order valence-electron chi connectivity index (χ4n) is 3.02. The minimum atomic E-state index is 0.0901. The molecule has 4 heteroatoms. The molecule has 0 fully saturated rings. The predicted octanol–water partition coefficient (Wildman–Crippen LogP) is 3.70. The van der Waals surface area contributed by atoms with Crippen LogP contribution in [0.5, 0.6) is 0 Å². The molecule has 2 heterocycles. The molecule has 0 aromatic heterocycles. The van der Waals surface area contributed by atoms with E-state index in [-0.39, 0.29) is 5.91 Å². The monoisotopic (exact) mass is 296 g/mol. The van der Waals surface area contributed by atoms with Crippen molar-refractivity contribution in [2.75, 3.05) is 16.8 Å². The quantitative estimate of drug-likeness (QED) is 0.870. The fraction of sp³-hybridized carbons (Fsp3) is 0.118. The summed E-state index contributed by atoms with van der Waals surface area (Å²) in [5, 5.41) is 4.00. The van der Waals surface area contributed by atoms with E-state index in [1.54, 1.807) is 0 Å². The van der Waals surface area contributed by atoms with Crippen molar-refractivity contribution in [1.82, 2.24) is 0 Å². The Hall–Kier alpha value is -2.26. The van der Waals surface area contributed by atoms with E-state index in [0.717, 1.165) is 28.2 Å². The van der Waals surface area contributed by atoms with Crippen molar-refractivity contribution in [3.8, 4) is 0 Å². The molecule has 0 unspecified atom stereocenters. The van der Waals surface area contributed by atoms with Crippen molar-refractivity contribution >= 4 is 34.6 Å². The predicted molar refractivity (Wildman–Crippen MR) is 85.6 cm³/mol. The Labute approximate surface area is 127 Å². The summed E-state index contributed by atoms with van der Waals surface area (Å²) < 4.78 is 0. The molecule has 0 radical (unpaired) electrons. The van der Waals surface area contributed by atoms with Crippen LogP contribution in [0.4, 0.5) is 11.4 Å². The molecule has 0 spiro atoms. The summed E-state index contributed by atoms with van der Waals surface area (Å²) in [6.07, 6.45) is 2.45. The molecule has 1 amide bonds. The van der Waals surface area contributed by atoms with Gasteiger partial charge in [-0.15, -0.1) is 0 Å². The molecular formula is C17H13ClN2O. The van der Waals surface area contributed by atoms with Gasteiger partial charge < -0.3 is 5.32 Å². The lowest BCUT2D eigenvalue weighted by Crippen LogP contribution is -2.24. The molecule has 4 rings (SSSR count). The average molecular weight is 297 g/mol. The molecule has 0 atom stereocenters. The zero-order chi connectivity index (χ0) is 14.4. The van der Waals surface area contributed by atoms with Crippen molar-refractivity contribution in [2.24, 2.45) is 0 Å². The number of hydrogen-bond donors (Lipinski definition) is 1. The lowest BCUT2D eigenvalue weighted by atomic mass is 10.1. The van der Waals surface area contributed by atoms with Gasteiger partial charge in [-0.2, -0.15) is 0 Å². The molecule has 2 aromatic rings. The van der Waals surface area contributed by atoms with E-state index in [9.17, 15) is 4.79 Å². The minimum absolute atomic E-state index is 0.0901. The van der Waals surface area contributed by atoms with Gasteiger partial charge in [0.05, 0.1) is 23.5 Å². The number of nitrogens with one attached hydrogen (secondary N) is 1. The second kappa shape index (κ2) is 4.64. The first kappa shape index (κ1) is 12.5. The Morgan fingerprint density at radius 3 is 2.76 bits per heavy atom. The SMILES string of the molecule is O=C1Cc2cc(Cl)cc3c2N1C(c1ccccc1)=CCN3. The van der Waals surface area contributed by atoms with Crippen LogP contribution < -0.4 is 10.2 Å². The molecule has 2 aliphatic heterocycles. The Morgan fingerprint density at radius 2 is 1.95 bits per heavy atom. The molecule has 0 bridgehead atoms. The third-order valence-electron chi connectivity index (χ3n) is 3.87. The first-order valence-corrected chi connectivity index (χ1v) is 7.26. The molecule has 0 saturated heterocycles. The highest BCUT2D eigenvalue weighted by atomic mass is 35.5. The van der Waals surface area contributed by atoms with Crippen molar-refractivity contribution in [3.63, 3.8) is 0 Å². The van der Waals surface area contributed by atoms with E-state index < -0.39 is 0 Å². The summed E-state index contributed by atoms with van der Waals surface area (Å²) in [7, 11) is 0. The maximum Gasteiger partial charge on any atom is 0.236 e. The minimum Gasteiger partial charge on any atom is -0.380 e. The highest BCUT2D eigenvalue weighted by Crippen LogP contribution is 2.43. The van der Waals surface area contributed by atoms with Gasteiger partial charge in [-0.3, -0.25) is 9.69 Å². The van der Waals surface area contributed by atoms with Crippen LogP contribution in [0.1, 0.15) is 11.1 Å². The molecule has 1 N–H and O–H groups in total. The number of rotatable bonds is 1. The molecule has 0 saturated carbocycles. The Morgan fingerprint density at radius 1 is 1.14 bits per heavy atom. The molecule has 2 aliphatic rings. The number of halogens is 1. The van der Waals surface area contributed by atoms with E-state index >= 15 is 0 Å². The number of anilines is 2. The number of amides is 1. The van der Waals surface area contributed by atoms with Crippen LogP contribution in [0.2, 0.25) is 5.02 Å².